The predicted molar refractivity (Wildman–Crippen MR) is 105 cm³/mol. The van der Waals surface area contributed by atoms with E-state index in [2.05, 4.69) is 32.8 Å². The number of nitrogens with zero attached hydrogens (tertiary/aromatic N) is 2. The number of benzene rings is 1. The molecule has 1 fully saturated rings. The van der Waals surface area contributed by atoms with E-state index in [1.54, 1.807) is 0 Å². The number of hydrogen-bond acceptors (Lipinski definition) is 4. The summed E-state index contributed by atoms with van der Waals surface area (Å²) in [5.74, 6) is 0.750. The Balaban J connectivity index is 1.78. The lowest BCUT2D eigenvalue weighted by Gasteiger charge is -2.26. The molecule has 1 aliphatic rings. The van der Waals surface area contributed by atoms with Gasteiger partial charge in [0, 0.05) is 38.8 Å². The molecule has 0 radical (unpaired) electrons. The molecule has 0 aromatic heterocycles. The molecule has 0 atom stereocenters. The van der Waals surface area contributed by atoms with E-state index >= 15 is 0 Å². The van der Waals surface area contributed by atoms with E-state index in [0.717, 1.165) is 69.6 Å². The smallest absolute Gasteiger partial charge is 0.221 e. The molecule has 1 heterocycles. The first-order chi connectivity index (χ1) is 12.7. The second-order valence-corrected chi connectivity index (χ2v) is 6.31. The second-order valence-electron chi connectivity index (χ2n) is 6.31. The predicted octanol–water partition coefficient (Wildman–Crippen LogP) is 1.42. The molecule has 0 saturated carbocycles. The third-order valence-electron chi connectivity index (χ3n) is 4.06. The van der Waals surface area contributed by atoms with Crippen molar-refractivity contribution in [2.45, 2.75) is 26.8 Å². The van der Waals surface area contributed by atoms with Gasteiger partial charge in [0.05, 0.1) is 19.8 Å². The van der Waals surface area contributed by atoms with Crippen molar-refractivity contribution < 1.29 is 9.53 Å². The number of hydrogen-bond donors (Lipinski definition) is 3. The summed E-state index contributed by atoms with van der Waals surface area (Å²) >= 11 is 0. The maximum atomic E-state index is 11.2. The van der Waals surface area contributed by atoms with Crippen molar-refractivity contribution in [3.05, 3.63) is 29.8 Å². The van der Waals surface area contributed by atoms with Crippen molar-refractivity contribution in [3.63, 3.8) is 0 Å². The van der Waals surface area contributed by atoms with Crippen LogP contribution in [-0.4, -0.2) is 62.7 Å². The third-order valence-corrected chi connectivity index (χ3v) is 4.06. The molecule has 3 N–H and O–H groups in total. The molecule has 0 unspecified atom stereocenters. The fourth-order valence-corrected chi connectivity index (χ4v) is 2.80. The first-order valence-electron chi connectivity index (χ1n) is 9.36. The molecule has 0 spiro atoms. The fraction of sp³-hybridized carbons (Fsp3) is 0.579. The minimum absolute atomic E-state index is 0.0686. The van der Waals surface area contributed by atoms with Crippen LogP contribution in [0.25, 0.3) is 0 Å². The minimum Gasteiger partial charge on any atom is -0.379 e. The van der Waals surface area contributed by atoms with Gasteiger partial charge in [-0.2, -0.15) is 0 Å². The molecule has 0 aliphatic carbocycles. The monoisotopic (exact) mass is 361 g/mol. The standard InChI is InChI=1S/C19H31N5O2/c1-3-20-19(21-8-5-9-24-10-12-26-13-11-24)22-15-17-6-4-7-18(14-17)23-16(2)25/h4,6-7,14H,3,5,8-13,15H2,1-2H3,(H,23,25)(H2,20,21,22). The van der Waals surface area contributed by atoms with E-state index in [1.165, 1.54) is 6.92 Å². The van der Waals surface area contributed by atoms with Gasteiger partial charge in [0.25, 0.3) is 0 Å². The van der Waals surface area contributed by atoms with Crippen LogP contribution in [0.1, 0.15) is 25.8 Å². The van der Waals surface area contributed by atoms with E-state index in [4.69, 9.17) is 4.74 Å². The first kappa shape index (κ1) is 20.2. The summed E-state index contributed by atoms with van der Waals surface area (Å²) in [4.78, 5) is 18.2. The van der Waals surface area contributed by atoms with Gasteiger partial charge in [-0.3, -0.25) is 9.69 Å². The van der Waals surface area contributed by atoms with Crippen LogP contribution in [0, 0.1) is 0 Å². The van der Waals surface area contributed by atoms with Crippen LogP contribution in [-0.2, 0) is 16.1 Å². The highest BCUT2D eigenvalue weighted by molar-refractivity contribution is 5.88. The fourth-order valence-electron chi connectivity index (χ4n) is 2.80. The molecule has 2 rings (SSSR count). The number of carbonyl (C=O) groups is 1. The van der Waals surface area contributed by atoms with Gasteiger partial charge in [-0.05, 0) is 37.6 Å². The zero-order valence-electron chi connectivity index (χ0n) is 15.9. The van der Waals surface area contributed by atoms with E-state index < -0.39 is 0 Å². The van der Waals surface area contributed by atoms with Crippen molar-refractivity contribution in [2.75, 3.05) is 51.3 Å². The molecule has 26 heavy (non-hydrogen) atoms. The SMILES string of the molecule is CCNC(=NCc1cccc(NC(C)=O)c1)NCCCN1CCOCC1. The average molecular weight is 361 g/mol. The number of rotatable bonds is 8. The van der Waals surface area contributed by atoms with Crippen LogP contribution in [0.5, 0.6) is 0 Å². The molecule has 0 bridgehead atoms. The molecule has 1 amide bonds. The van der Waals surface area contributed by atoms with Crippen LogP contribution >= 0.6 is 0 Å². The number of morpholine rings is 1. The topological polar surface area (TPSA) is 78.0 Å². The Morgan fingerprint density at radius 1 is 1.27 bits per heavy atom. The van der Waals surface area contributed by atoms with Gasteiger partial charge in [0.15, 0.2) is 5.96 Å². The quantitative estimate of drug-likeness (QED) is 0.371. The maximum absolute atomic E-state index is 11.2. The molecule has 1 saturated heterocycles. The highest BCUT2D eigenvalue weighted by Crippen LogP contribution is 2.11. The summed E-state index contributed by atoms with van der Waals surface area (Å²) < 4.78 is 5.37. The summed E-state index contributed by atoms with van der Waals surface area (Å²) in [7, 11) is 0. The molecule has 7 nitrogen and oxygen atoms in total. The van der Waals surface area contributed by atoms with Crippen molar-refractivity contribution in [3.8, 4) is 0 Å². The molecule has 144 valence electrons. The molecule has 1 aliphatic heterocycles. The Hall–Kier alpha value is -2.12. The lowest BCUT2D eigenvalue weighted by molar-refractivity contribution is -0.114. The third kappa shape index (κ3) is 7.84. The van der Waals surface area contributed by atoms with Crippen LogP contribution in [0.15, 0.2) is 29.3 Å². The number of carbonyl (C=O) groups excluding carboxylic acids is 1. The van der Waals surface area contributed by atoms with Gasteiger partial charge >= 0.3 is 0 Å². The minimum atomic E-state index is -0.0686. The van der Waals surface area contributed by atoms with Crippen molar-refractivity contribution in [2.24, 2.45) is 4.99 Å². The Labute approximate surface area is 156 Å². The highest BCUT2D eigenvalue weighted by Gasteiger charge is 2.09. The summed E-state index contributed by atoms with van der Waals surface area (Å²) in [5.41, 5.74) is 1.86. The van der Waals surface area contributed by atoms with Crippen LogP contribution in [0.4, 0.5) is 5.69 Å². The summed E-state index contributed by atoms with van der Waals surface area (Å²) in [6.45, 7) is 10.6. The van der Waals surface area contributed by atoms with Crippen LogP contribution < -0.4 is 16.0 Å². The number of nitrogens with one attached hydrogen (secondary N) is 3. The van der Waals surface area contributed by atoms with Gasteiger partial charge in [0.1, 0.15) is 0 Å². The number of anilines is 1. The largest absolute Gasteiger partial charge is 0.379 e. The molecule has 1 aromatic rings. The first-order valence-corrected chi connectivity index (χ1v) is 9.36. The lowest BCUT2D eigenvalue weighted by atomic mass is 10.2. The lowest BCUT2D eigenvalue weighted by Crippen LogP contribution is -2.40. The molecule has 7 heteroatoms. The number of amides is 1. The Bertz CT molecular complexity index is 585. The van der Waals surface area contributed by atoms with Gasteiger partial charge in [0.2, 0.25) is 5.91 Å². The Morgan fingerprint density at radius 3 is 2.81 bits per heavy atom. The van der Waals surface area contributed by atoms with Crippen molar-refractivity contribution in [1.29, 1.82) is 0 Å². The summed E-state index contributed by atoms with van der Waals surface area (Å²) in [6, 6.07) is 7.77. The maximum Gasteiger partial charge on any atom is 0.221 e. The summed E-state index contributed by atoms with van der Waals surface area (Å²) in [6.07, 6.45) is 1.07. The zero-order chi connectivity index (χ0) is 18.6. The van der Waals surface area contributed by atoms with E-state index in [1.807, 2.05) is 24.3 Å². The number of aliphatic imine (C=N–C) groups is 1. The van der Waals surface area contributed by atoms with E-state index in [9.17, 15) is 4.79 Å². The van der Waals surface area contributed by atoms with Gasteiger partial charge in [-0.15, -0.1) is 0 Å². The van der Waals surface area contributed by atoms with Crippen LogP contribution in [0.2, 0.25) is 0 Å². The summed E-state index contributed by atoms with van der Waals surface area (Å²) in [5, 5.41) is 9.46. The van der Waals surface area contributed by atoms with E-state index in [-0.39, 0.29) is 5.91 Å². The van der Waals surface area contributed by atoms with Gasteiger partial charge < -0.3 is 20.7 Å². The second kappa shape index (κ2) is 11.5. The zero-order valence-corrected chi connectivity index (χ0v) is 15.9. The molecule has 1 aromatic carbocycles. The average Bonchev–Trinajstić information content (AvgIpc) is 2.64. The Morgan fingerprint density at radius 2 is 2.08 bits per heavy atom. The number of ether oxygens (including phenoxy) is 1. The van der Waals surface area contributed by atoms with E-state index in [0.29, 0.717) is 6.54 Å². The number of guanidine groups is 1. The van der Waals surface area contributed by atoms with Gasteiger partial charge in [-0.25, -0.2) is 4.99 Å². The van der Waals surface area contributed by atoms with Crippen LogP contribution in [0.3, 0.4) is 0 Å². The Kier molecular flexibility index (Phi) is 8.92. The molecular formula is C19H31N5O2. The normalized spacial score (nSPS) is 15.5. The highest BCUT2D eigenvalue weighted by atomic mass is 16.5. The van der Waals surface area contributed by atoms with Gasteiger partial charge in [-0.1, -0.05) is 12.1 Å². The van der Waals surface area contributed by atoms with Crippen molar-refractivity contribution in [1.82, 2.24) is 15.5 Å². The van der Waals surface area contributed by atoms with Crippen molar-refractivity contribution >= 4 is 17.6 Å². The molecular weight excluding hydrogens is 330 g/mol.